The molecule has 1 saturated carbocycles. The topological polar surface area (TPSA) is 94.2 Å². The molecular formula is C37H49ClN2O6S. The van der Waals surface area contributed by atoms with E-state index in [1.807, 2.05) is 39.0 Å². The maximum Gasteiger partial charge on any atom is 0.264 e. The summed E-state index contributed by atoms with van der Waals surface area (Å²) in [7, 11) is -2.30. The Balaban J connectivity index is 1.42. The SMILES string of the molecule is COCCO[C@H]1/C=C/C[C@@H](C)[C@H](C(C)C)S(=O)(=O)NC(=O)c2ccc3c(c2)N(C[C@@H]2CC[C@H]21)C[C@@]1(CCCc2cc(Cl)ccc21)CO3. The van der Waals surface area contributed by atoms with E-state index in [1.54, 1.807) is 13.2 Å². The Morgan fingerprint density at radius 3 is 2.72 bits per heavy atom. The maximum atomic E-state index is 13.8. The van der Waals surface area contributed by atoms with Crippen LogP contribution in [0.2, 0.25) is 5.02 Å². The van der Waals surface area contributed by atoms with Crippen LogP contribution in [0.15, 0.2) is 48.6 Å². The minimum Gasteiger partial charge on any atom is -0.490 e. The van der Waals surface area contributed by atoms with E-state index >= 15 is 0 Å². The average Bonchev–Trinajstić information content (AvgIpc) is 3.15. The van der Waals surface area contributed by atoms with Crippen molar-refractivity contribution in [3.63, 3.8) is 0 Å². The van der Waals surface area contributed by atoms with Gasteiger partial charge >= 0.3 is 0 Å². The molecule has 256 valence electrons. The van der Waals surface area contributed by atoms with E-state index in [2.05, 4.69) is 33.9 Å². The van der Waals surface area contributed by atoms with Crippen LogP contribution in [-0.2, 0) is 31.3 Å². The summed E-state index contributed by atoms with van der Waals surface area (Å²) in [5.74, 6) is 0.381. The number of benzene rings is 2. The molecule has 0 radical (unpaired) electrons. The fourth-order valence-corrected chi connectivity index (χ4v) is 10.7. The molecule has 0 aromatic heterocycles. The molecule has 10 heteroatoms. The van der Waals surface area contributed by atoms with E-state index < -0.39 is 21.2 Å². The average molecular weight is 685 g/mol. The first-order chi connectivity index (χ1) is 22.5. The van der Waals surface area contributed by atoms with Crippen LogP contribution in [0.1, 0.15) is 74.4 Å². The molecule has 1 amide bonds. The number of sulfonamides is 1. The Bertz CT molecular complexity index is 1600. The zero-order valence-electron chi connectivity index (χ0n) is 28.0. The number of hydrogen-bond acceptors (Lipinski definition) is 7. The molecular weight excluding hydrogens is 636 g/mol. The zero-order valence-corrected chi connectivity index (χ0v) is 29.6. The molecule has 6 atom stereocenters. The third kappa shape index (κ3) is 7.10. The number of hydrogen-bond donors (Lipinski definition) is 1. The second-order valence-electron chi connectivity index (χ2n) is 14.4. The lowest BCUT2D eigenvalue weighted by Crippen LogP contribution is -2.49. The lowest BCUT2D eigenvalue weighted by molar-refractivity contribution is -0.0309. The first-order valence-corrected chi connectivity index (χ1v) is 19.1. The first kappa shape index (κ1) is 34.3. The largest absolute Gasteiger partial charge is 0.490 e. The molecule has 47 heavy (non-hydrogen) atoms. The molecule has 8 nitrogen and oxygen atoms in total. The Hall–Kier alpha value is -2.59. The standard InChI is InChI=1S/C37H49ClN2O6S/c1-24(2)35-25(3)7-5-9-33(45-18-17-44-4)30-13-10-28(30)21-40-22-37(16-6-8-26-19-29(38)12-14-31(26)37)23-46-34-15-11-27(20-32(34)40)36(41)39-47(35,42)43/h5,9,11-12,14-15,19-20,24-25,28,30,33,35H,6-8,10,13,16-18,21-23H2,1-4H3,(H,39,41)/b9-5+/t25-,28+,30-,33+,35+,37+/m1/s1. The van der Waals surface area contributed by atoms with Crippen LogP contribution in [0, 0.1) is 23.7 Å². The number of fused-ring (bicyclic) bond motifs is 4. The summed E-state index contributed by atoms with van der Waals surface area (Å²) in [6.07, 6.45) is 9.81. The van der Waals surface area contributed by atoms with Crippen molar-refractivity contribution < 1.29 is 27.4 Å². The van der Waals surface area contributed by atoms with E-state index in [9.17, 15) is 13.2 Å². The molecule has 2 bridgehead atoms. The van der Waals surface area contributed by atoms with Gasteiger partial charge in [0, 0.05) is 36.2 Å². The number of carbonyl (C=O) groups is 1. The predicted molar refractivity (Wildman–Crippen MR) is 186 cm³/mol. The molecule has 1 fully saturated rings. The maximum absolute atomic E-state index is 13.8. The van der Waals surface area contributed by atoms with Gasteiger partial charge in [-0.15, -0.1) is 0 Å². The van der Waals surface area contributed by atoms with Crippen LogP contribution in [-0.4, -0.2) is 65.7 Å². The van der Waals surface area contributed by atoms with Crippen molar-refractivity contribution in [1.29, 1.82) is 0 Å². The summed E-state index contributed by atoms with van der Waals surface area (Å²) in [6, 6.07) is 11.6. The Morgan fingerprint density at radius 1 is 1.15 bits per heavy atom. The number of allylic oxidation sites excluding steroid dienone is 1. The van der Waals surface area contributed by atoms with Gasteiger partial charge in [-0.1, -0.05) is 50.6 Å². The molecule has 0 unspecified atom stereocenters. The van der Waals surface area contributed by atoms with Gasteiger partial charge < -0.3 is 19.1 Å². The summed E-state index contributed by atoms with van der Waals surface area (Å²) in [5.41, 5.74) is 3.43. The minimum atomic E-state index is -3.97. The lowest BCUT2D eigenvalue weighted by Gasteiger charge is -2.46. The second kappa shape index (κ2) is 14.1. The van der Waals surface area contributed by atoms with E-state index in [-0.39, 0.29) is 23.4 Å². The van der Waals surface area contributed by atoms with Crippen LogP contribution in [0.3, 0.4) is 0 Å². The zero-order chi connectivity index (χ0) is 33.3. The van der Waals surface area contributed by atoms with Crippen molar-refractivity contribution >= 4 is 33.2 Å². The minimum absolute atomic E-state index is 0.0987. The van der Waals surface area contributed by atoms with Gasteiger partial charge in [-0.3, -0.25) is 4.79 Å². The summed E-state index contributed by atoms with van der Waals surface area (Å²) < 4.78 is 48.3. The smallest absolute Gasteiger partial charge is 0.264 e. The van der Waals surface area contributed by atoms with Crippen LogP contribution in [0.4, 0.5) is 5.69 Å². The molecule has 1 N–H and O–H groups in total. The molecule has 2 aliphatic heterocycles. The van der Waals surface area contributed by atoms with Crippen molar-refractivity contribution in [3.05, 3.63) is 70.3 Å². The van der Waals surface area contributed by atoms with Gasteiger partial charge in [0.05, 0.1) is 36.9 Å². The Labute approximate surface area is 285 Å². The lowest BCUT2D eigenvalue weighted by atomic mass is 9.68. The van der Waals surface area contributed by atoms with Gasteiger partial charge in [-0.05, 0) is 104 Å². The highest BCUT2D eigenvalue weighted by atomic mass is 35.5. The summed E-state index contributed by atoms with van der Waals surface area (Å²) in [4.78, 5) is 16.1. The number of ether oxygens (including phenoxy) is 3. The first-order valence-electron chi connectivity index (χ1n) is 17.2. The molecule has 4 aliphatic rings. The normalized spacial score (nSPS) is 31.1. The molecule has 2 heterocycles. The van der Waals surface area contributed by atoms with E-state index in [1.165, 1.54) is 11.1 Å². The van der Waals surface area contributed by atoms with Gasteiger partial charge in [-0.2, -0.15) is 0 Å². The van der Waals surface area contributed by atoms with Crippen molar-refractivity contribution in [3.8, 4) is 5.75 Å². The fraction of sp³-hybridized carbons (Fsp3) is 0.595. The summed E-state index contributed by atoms with van der Waals surface area (Å²) in [5, 5.41) is 0.00179. The molecule has 1 spiro atoms. The number of anilines is 1. The highest BCUT2D eigenvalue weighted by molar-refractivity contribution is 7.90. The van der Waals surface area contributed by atoms with Crippen molar-refractivity contribution in [2.75, 3.05) is 44.9 Å². The van der Waals surface area contributed by atoms with Gasteiger partial charge in [-0.25, -0.2) is 13.1 Å². The number of carbonyl (C=O) groups excluding carboxylic acids is 1. The van der Waals surface area contributed by atoms with Gasteiger partial charge in [0.2, 0.25) is 10.0 Å². The Morgan fingerprint density at radius 2 is 1.98 bits per heavy atom. The fourth-order valence-electron chi connectivity index (χ4n) is 8.52. The van der Waals surface area contributed by atoms with Crippen molar-refractivity contribution in [2.24, 2.45) is 23.7 Å². The van der Waals surface area contributed by atoms with E-state index in [0.717, 1.165) is 55.9 Å². The highest BCUT2D eigenvalue weighted by Gasteiger charge is 2.45. The number of nitrogens with zero attached hydrogens (tertiary/aromatic N) is 1. The third-order valence-corrected chi connectivity index (χ3v) is 13.3. The van der Waals surface area contributed by atoms with E-state index in [4.69, 9.17) is 25.8 Å². The van der Waals surface area contributed by atoms with Crippen LogP contribution >= 0.6 is 11.6 Å². The molecule has 0 saturated heterocycles. The second-order valence-corrected chi connectivity index (χ2v) is 16.7. The summed E-state index contributed by atoms with van der Waals surface area (Å²) in [6.45, 7) is 8.75. The van der Waals surface area contributed by atoms with Crippen LogP contribution < -0.4 is 14.4 Å². The quantitative estimate of drug-likeness (QED) is 0.282. The van der Waals surface area contributed by atoms with Crippen LogP contribution in [0.25, 0.3) is 0 Å². The van der Waals surface area contributed by atoms with Crippen molar-refractivity contribution in [2.45, 2.75) is 76.1 Å². The predicted octanol–water partition coefficient (Wildman–Crippen LogP) is 6.55. The van der Waals surface area contributed by atoms with E-state index in [0.29, 0.717) is 49.4 Å². The highest BCUT2D eigenvalue weighted by Crippen LogP contribution is 2.47. The number of amides is 1. The molecule has 2 aliphatic carbocycles. The third-order valence-electron chi connectivity index (χ3n) is 10.9. The molecule has 2 aromatic carbocycles. The number of aryl methyl sites for hydroxylation is 1. The number of nitrogens with one attached hydrogen (secondary N) is 1. The van der Waals surface area contributed by atoms with Crippen LogP contribution in [0.5, 0.6) is 5.75 Å². The van der Waals surface area contributed by atoms with Crippen molar-refractivity contribution in [1.82, 2.24) is 4.72 Å². The monoisotopic (exact) mass is 684 g/mol. The molecule has 6 rings (SSSR count). The van der Waals surface area contributed by atoms with Gasteiger partial charge in [0.15, 0.2) is 0 Å². The Kier molecular flexibility index (Phi) is 10.3. The number of methoxy groups -OCH3 is 1. The van der Waals surface area contributed by atoms with Gasteiger partial charge in [0.25, 0.3) is 5.91 Å². The summed E-state index contributed by atoms with van der Waals surface area (Å²) >= 11 is 6.44. The number of halogens is 1. The molecule has 2 aromatic rings. The van der Waals surface area contributed by atoms with Gasteiger partial charge in [0.1, 0.15) is 5.75 Å². The number of rotatable bonds is 5.